The molecule has 0 spiro atoms. The Balaban J connectivity index is 0.00000225. The summed E-state index contributed by atoms with van der Waals surface area (Å²) in [6, 6.07) is 16.1. The molecule has 3 nitrogen and oxygen atoms in total. The van der Waals surface area contributed by atoms with E-state index in [1.165, 1.54) is 5.56 Å². The Morgan fingerprint density at radius 2 is 1.64 bits per heavy atom. The van der Waals surface area contributed by atoms with E-state index < -0.39 is 0 Å². The minimum atomic E-state index is 0. The molecule has 0 bridgehead atoms. The van der Waals surface area contributed by atoms with Crippen molar-refractivity contribution in [3.8, 4) is 0 Å². The van der Waals surface area contributed by atoms with Gasteiger partial charge in [-0.3, -0.25) is 9.79 Å². The summed E-state index contributed by atoms with van der Waals surface area (Å²) < 4.78 is 0. The minimum Gasteiger partial charge on any atom is -0.313 e. The summed E-state index contributed by atoms with van der Waals surface area (Å²) in [6.07, 6.45) is 1.10. The molecule has 0 saturated heterocycles. The summed E-state index contributed by atoms with van der Waals surface area (Å²) >= 11 is 1.73. The minimum absolute atomic E-state index is 0. The van der Waals surface area contributed by atoms with Crippen LogP contribution in [-0.2, 0) is 0 Å². The van der Waals surface area contributed by atoms with Gasteiger partial charge in [-0.25, -0.2) is 0 Å². The number of carbonyl (C=O) groups is 1. The molecule has 5 heteroatoms. The highest BCUT2D eigenvalue weighted by Gasteiger charge is 2.20. The number of rotatable bonds is 4. The van der Waals surface area contributed by atoms with Crippen molar-refractivity contribution in [2.24, 2.45) is 4.99 Å². The Morgan fingerprint density at radius 3 is 2.20 bits per heavy atom. The smallest absolute Gasteiger partial charge is 0.182 e. The van der Waals surface area contributed by atoms with Crippen molar-refractivity contribution in [2.75, 3.05) is 23.7 Å². The van der Waals surface area contributed by atoms with E-state index in [-0.39, 0.29) is 22.8 Å². The number of thioether (sulfide) groups is 1. The number of aliphatic imine (C=N–C) groups is 1. The summed E-state index contributed by atoms with van der Waals surface area (Å²) in [5.74, 6) is 1.17. The molecule has 132 valence electrons. The quantitative estimate of drug-likeness (QED) is 0.650. The molecule has 0 fully saturated rings. The fourth-order valence-corrected chi connectivity index (χ4v) is 3.54. The second-order valence-electron chi connectivity index (χ2n) is 6.08. The van der Waals surface area contributed by atoms with Crippen molar-refractivity contribution in [1.82, 2.24) is 0 Å². The van der Waals surface area contributed by atoms with Gasteiger partial charge in [0.1, 0.15) is 0 Å². The zero-order valence-corrected chi connectivity index (χ0v) is 17.1. The largest absolute Gasteiger partial charge is 0.313 e. The number of nitrogens with zero attached hydrogens (tertiary/aromatic N) is 2. The van der Waals surface area contributed by atoms with Gasteiger partial charge in [0.15, 0.2) is 11.0 Å². The summed E-state index contributed by atoms with van der Waals surface area (Å²) in [7, 11) is 0. The number of anilines is 1. The number of hydrogen-bond acceptors (Lipinski definition) is 4. The molecule has 3 rings (SSSR count). The third kappa shape index (κ3) is 5.19. The average molecular weight is 419 g/mol. The zero-order valence-electron chi connectivity index (χ0n) is 14.6. The lowest BCUT2D eigenvalue weighted by atomic mass is 10.1. The number of benzene rings is 2. The van der Waals surface area contributed by atoms with Gasteiger partial charge in [-0.05, 0) is 32.4 Å². The van der Waals surface area contributed by atoms with Gasteiger partial charge < -0.3 is 4.90 Å². The van der Waals surface area contributed by atoms with E-state index in [1.54, 1.807) is 11.8 Å². The van der Waals surface area contributed by atoms with Crippen LogP contribution in [0.5, 0.6) is 0 Å². The molecule has 0 aliphatic carbocycles. The Labute approximate surface area is 164 Å². The number of halogens is 1. The molecule has 0 unspecified atom stereocenters. The van der Waals surface area contributed by atoms with Crippen LogP contribution in [0.25, 0.3) is 0 Å². The van der Waals surface area contributed by atoms with Crippen LogP contribution in [0.4, 0.5) is 5.69 Å². The molecule has 0 radical (unpaired) electrons. The van der Waals surface area contributed by atoms with Gasteiger partial charge in [-0.2, -0.15) is 0 Å². The van der Waals surface area contributed by atoms with Crippen molar-refractivity contribution < 1.29 is 4.79 Å². The van der Waals surface area contributed by atoms with E-state index >= 15 is 0 Å². The highest BCUT2D eigenvalue weighted by Crippen LogP contribution is 2.23. The SMILES string of the molecule is Br.Cc1ccc(C(=O)CN(C2=NCCCS2)c2ccc(C)cc2)cc1. The summed E-state index contributed by atoms with van der Waals surface area (Å²) in [4.78, 5) is 19.4. The van der Waals surface area contributed by atoms with E-state index in [9.17, 15) is 4.79 Å². The standard InChI is InChI=1S/C20H22N2OS.BrH/c1-15-4-8-17(9-5-15)19(23)14-22(20-21-12-3-13-24-20)18-10-6-16(2)7-11-18;/h4-11H,3,12-14H2,1-2H3;1H. The molecule has 0 amide bonds. The van der Waals surface area contributed by atoms with Gasteiger partial charge in [-0.15, -0.1) is 17.0 Å². The first-order valence-corrected chi connectivity index (χ1v) is 9.23. The van der Waals surface area contributed by atoms with Crippen LogP contribution in [0.1, 0.15) is 27.9 Å². The Hall–Kier alpha value is -1.59. The fraction of sp³-hybridized carbons (Fsp3) is 0.300. The van der Waals surface area contributed by atoms with Gasteiger partial charge >= 0.3 is 0 Å². The first-order valence-electron chi connectivity index (χ1n) is 8.25. The Kier molecular flexibility index (Phi) is 7.26. The maximum absolute atomic E-state index is 12.7. The molecular weight excluding hydrogens is 396 g/mol. The predicted molar refractivity (Wildman–Crippen MR) is 114 cm³/mol. The highest BCUT2D eigenvalue weighted by atomic mass is 79.9. The average Bonchev–Trinajstić information content (AvgIpc) is 2.62. The highest BCUT2D eigenvalue weighted by molar-refractivity contribution is 8.93. The van der Waals surface area contributed by atoms with Crippen molar-refractivity contribution in [1.29, 1.82) is 0 Å². The predicted octanol–water partition coefficient (Wildman–Crippen LogP) is 5.06. The normalized spacial score (nSPS) is 13.6. The van der Waals surface area contributed by atoms with Gasteiger partial charge in [0.05, 0.1) is 6.54 Å². The number of aryl methyl sites for hydroxylation is 2. The first-order chi connectivity index (χ1) is 11.6. The first kappa shape index (κ1) is 19.7. The van der Waals surface area contributed by atoms with Crippen LogP contribution in [0.15, 0.2) is 53.5 Å². The van der Waals surface area contributed by atoms with E-state index in [2.05, 4.69) is 36.2 Å². The molecule has 25 heavy (non-hydrogen) atoms. The Morgan fingerprint density at radius 1 is 1.04 bits per heavy atom. The van der Waals surface area contributed by atoms with Crippen LogP contribution < -0.4 is 4.90 Å². The molecule has 1 aliphatic heterocycles. The number of ketones is 1. The lowest BCUT2D eigenvalue weighted by molar-refractivity contribution is 0.100. The molecule has 0 aromatic heterocycles. The molecule has 1 heterocycles. The topological polar surface area (TPSA) is 32.7 Å². The second-order valence-corrected chi connectivity index (χ2v) is 7.14. The molecule has 2 aromatic carbocycles. The van der Waals surface area contributed by atoms with Crippen molar-refractivity contribution in [3.05, 3.63) is 65.2 Å². The van der Waals surface area contributed by atoms with E-state index in [1.807, 2.05) is 36.1 Å². The van der Waals surface area contributed by atoms with E-state index in [0.29, 0.717) is 6.54 Å². The number of carbonyl (C=O) groups excluding carboxylic acids is 1. The monoisotopic (exact) mass is 418 g/mol. The van der Waals surface area contributed by atoms with Crippen LogP contribution in [0, 0.1) is 13.8 Å². The van der Waals surface area contributed by atoms with E-state index in [0.717, 1.165) is 40.7 Å². The van der Waals surface area contributed by atoms with Gasteiger partial charge in [0, 0.05) is 23.5 Å². The maximum Gasteiger partial charge on any atom is 0.182 e. The molecule has 0 atom stereocenters. The zero-order chi connectivity index (χ0) is 16.9. The van der Waals surface area contributed by atoms with Crippen molar-refractivity contribution >= 4 is 45.4 Å². The third-order valence-corrected chi connectivity index (χ3v) is 5.13. The van der Waals surface area contributed by atoms with Crippen LogP contribution in [0.2, 0.25) is 0 Å². The van der Waals surface area contributed by atoms with Gasteiger partial charge in [0.25, 0.3) is 0 Å². The van der Waals surface area contributed by atoms with Crippen LogP contribution in [-0.4, -0.2) is 29.8 Å². The number of amidine groups is 1. The van der Waals surface area contributed by atoms with Crippen LogP contribution in [0.3, 0.4) is 0 Å². The van der Waals surface area contributed by atoms with Gasteiger partial charge in [0.2, 0.25) is 0 Å². The second kappa shape index (κ2) is 9.20. The molecule has 2 aromatic rings. The summed E-state index contributed by atoms with van der Waals surface area (Å²) in [6.45, 7) is 5.25. The van der Waals surface area contributed by atoms with Crippen molar-refractivity contribution in [3.63, 3.8) is 0 Å². The molecular formula is C20H23BrN2OS. The summed E-state index contributed by atoms with van der Waals surface area (Å²) in [5.41, 5.74) is 4.14. The van der Waals surface area contributed by atoms with Gasteiger partial charge in [-0.1, -0.05) is 59.3 Å². The lowest BCUT2D eigenvalue weighted by Crippen LogP contribution is -2.35. The Bertz CT molecular complexity index is 741. The molecule has 0 N–H and O–H groups in total. The lowest BCUT2D eigenvalue weighted by Gasteiger charge is -2.27. The molecule has 1 aliphatic rings. The van der Waals surface area contributed by atoms with Crippen LogP contribution >= 0.6 is 28.7 Å². The van der Waals surface area contributed by atoms with Crippen molar-refractivity contribution in [2.45, 2.75) is 20.3 Å². The van der Waals surface area contributed by atoms with E-state index in [4.69, 9.17) is 0 Å². The maximum atomic E-state index is 12.7. The number of hydrogen-bond donors (Lipinski definition) is 0. The third-order valence-electron chi connectivity index (χ3n) is 4.03. The fourth-order valence-electron chi connectivity index (χ4n) is 2.58. The summed E-state index contributed by atoms with van der Waals surface area (Å²) in [5, 5.41) is 0.950. The number of Topliss-reactive ketones (excluding diaryl/α,β-unsaturated/α-hetero) is 1. The molecule has 0 saturated carbocycles.